The second-order valence-electron chi connectivity index (χ2n) is 9.13. The minimum atomic E-state index is -2.29. The van der Waals surface area contributed by atoms with Crippen LogP contribution in [-0.2, 0) is 0 Å². The fourth-order valence-corrected chi connectivity index (χ4v) is 4.66. The summed E-state index contributed by atoms with van der Waals surface area (Å²) in [6.45, 7) is 2.06. The number of halogens is 2. The van der Waals surface area contributed by atoms with Crippen molar-refractivity contribution in [3.8, 4) is 0 Å². The lowest BCUT2D eigenvalue weighted by atomic mass is 9.92. The number of amidine groups is 2. The first-order chi connectivity index (χ1) is 17.0. The summed E-state index contributed by atoms with van der Waals surface area (Å²) in [5.74, 6) is 1.33. The van der Waals surface area contributed by atoms with Crippen molar-refractivity contribution in [2.75, 3.05) is 19.6 Å². The van der Waals surface area contributed by atoms with E-state index in [9.17, 15) is 8.78 Å². The van der Waals surface area contributed by atoms with Crippen molar-refractivity contribution in [3.05, 3.63) is 95.7 Å². The van der Waals surface area contributed by atoms with Gasteiger partial charge < -0.3 is 16.4 Å². The summed E-state index contributed by atoms with van der Waals surface area (Å²) in [6.07, 6.45) is 4.88. The summed E-state index contributed by atoms with van der Waals surface area (Å²) in [7, 11) is 0. The topological polar surface area (TPSA) is 80.0 Å². The number of alkyl halides is 2. The van der Waals surface area contributed by atoms with Crippen LogP contribution >= 0.6 is 0 Å². The summed E-state index contributed by atoms with van der Waals surface area (Å²) in [5.41, 5.74) is 15.7. The zero-order valence-electron chi connectivity index (χ0n) is 19.8. The number of piperidine rings is 1. The van der Waals surface area contributed by atoms with Gasteiger partial charge in [-0.1, -0.05) is 66.7 Å². The Labute approximate surface area is 205 Å². The largest absolute Gasteiger partial charge is 0.402 e. The van der Waals surface area contributed by atoms with Crippen LogP contribution < -0.4 is 11.5 Å². The van der Waals surface area contributed by atoms with Gasteiger partial charge >= 0.3 is 0 Å². The van der Waals surface area contributed by atoms with Gasteiger partial charge in [0.2, 0.25) is 6.43 Å². The Morgan fingerprint density at radius 1 is 1.00 bits per heavy atom. The molecule has 4 N–H and O–H groups in total. The highest BCUT2D eigenvalue weighted by molar-refractivity contribution is 5.94. The lowest BCUT2D eigenvalue weighted by Crippen LogP contribution is -2.40. The van der Waals surface area contributed by atoms with E-state index in [2.05, 4.69) is 34.2 Å². The molecule has 184 valence electrons. The Morgan fingerprint density at radius 2 is 1.60 bits per heavy atom. The fourth-order valence-electron chi connectivity index (χ4n) is 4.66. The molecule has 5 nitrogen and oxygen atoms in total. The number of hydrogen-bond acceptors (Lipinski definition) is 4. The van der Waals surface area contributed by atoms with Gasteiger partial charge in [0.25, 0.3) is 0 Å². The Balaban J connectivity index is 1.39. The Bertz CT molecular complexity index is 1030. The molecule has 0 aliphatic carbocycles. The van der Waals surface area contributed by atoms with Gasteiger partial charge in [-0.3, -0.25) is 9.98 Å². The maximum absolute atomic E-state index is 12.6. The minimum absolute atomic E-state index is 0.130. The van der Waals surface area contributed by atoms with Gasteiger partial charge in [0, 0.05) is 43.6 Å². The molecule has 0 amide bonds. The monoisotopic (exact) mass is 477 g/mol. The van der Waals surface area contributed by atoms with E-state index in [0.29, 0.717) is 12.4 Å². The zero-order chi connectivity index (χ0) is 24.6. The molecule has 0 bridgehead atoms. The SMILES string of the molecule is NC(=CC(N)=NC(c1ccccc1)c1ccccc1)C1CCN(C2=NCC(CC(F)F)C=C2)CC1. The molecule has 0 radical (unpaired) electrons. The van der Waals surface area contributed by atoms with Crippen molar-refractivity contribution in [1.29, 1.82) is 0 Å². The van der Waals surface area contributed by atoms with Crippen LogP contribution in [0.4, 0.5) is 8.78 Å². The molecule has 0 aromatic heterocycles. The van der Waals surface area contributed by atoms with Crippen LogP contribution in [0.2, 0.25) is 0 Å². The lowest BCUT2D eigenvalue weighted by Gasteiger charge is -2.34. The predicted molar refractivity (Wildman–Crippen MR) is 138 cm³/mol. The van der Waals surface area contributed by atoms with E-state index in [1.807, 2.05) is 48.6 Å². The van der Waals surface area contributed by atoms with Crippen molar-refractivity contribution < 1.29 is 8.78 Å². The molecule has 1 fully saturated rings. The maximum atomic E-state index is 12.6. The van der Waals surface area contributed by atoms with Gasteiger partial charge in [-0.15, -0.1) is 0 Å². The van der Waals surface area contributed by atoms with Crippen molar-refractivity contribution in [2.24, 2.45) is 33.3 Å². The molecule has 1 unspecified atom stereocenters. The molecule has 2 aromatic rings. The zero-order valence-corrected chi connectivity index (χ0v) is 19.8. The number of nitrogens with two attached hydrogens (primary N) is 2. The molecule has 1 saturated heterocycles. The van der Waals surface area contributed by atoms with Crippen molar-refractivity contribution in [1.82, 2.24) is 4.90 Å². The van der Waals surface area contributed by atoms with Crippen LogP contribution in [-0.4, -0.2) is 42.6 Å². The highest BCUT2D eigenvalue weighted by Crippen LogP contribution is 2.27. The molecular weight excluding hydrogens is 444 g/mol. The number of allylic oxidation sites excluding steroid dienone is 1. The molecule has 2 heterocycles. The molecule has 35 heavy (non-hydrogen) atoms. The van der Waals surface area contributed by atoms with E-state index in [1.54, 1.807) is 6.08 Å². The Kier molecular flexibility index (Phi) is 8.29. The van der Waals surface area contributed by atoms with Crippen molar-refractivity contribution >= 4 is 11.7 Å². The van der Waals surface area contributed by atoms with E-state index < -0.39 is 6.43 Å². The van der Waals surface area contributed by atoms with Gasteiger partial charge in [-0.2, -0.15) is 0 Å². The van der Waals surface area contributed by atoms with Crippen LogP contribution in [0.25, 0.3) is 0 Å². The average molecular weight is 478 g/mol. The molecule has 2 aromatic carbocycles. The Hall–Kier alpha value is -3.48. The highest BCUT2D eigenvalue weighted by Gasteiger charge is 2.24. The molecule has 7 heteroatoms. The van der Waals surface area contributed by atoms with Crippen molar-refractivity contribution in [3.63, 3.8) is 0 Å². The number of rotatable bonds is 7. The van der Waals surface area contributed by atoms with E-state index in [0.717, 1.165) is 48.6 Å². The van der Waals surface area contributed by atoms with Gasteiger partial charge in [0.05, 0.1) is 0 Å². The van der Waals surface area contributed by atoms with E-state index in [4.69, 9.17) is 16.5 Å². The minimum Gasteiger partial charge on any atom is -0.402 e. The van der Waals surface area contributed by atoms with Gasteiger partial charge in [-0.05, 0) is 36.1 Å². The molecule has 0 saturated carbocycles. The number of aliphatic imine (C=N–C) groups is 2. The second kappa shape index (κ2) is 11.8. The molecule has 0 spiro atoms. The molecule has 1 atom stereocenters. The third kappa shape index (κ3) is 6.78. The summed E-state index contributed by atoms with van der Waals surface area (Å²) in [5, 5.41) is 0. The third-order valence-corrected chi connectivity index (χ3v) is 6.60. The molecule has 2 aliphatic rings. The van der Waals surface area contributed by atoms with E-state index in [1.165, 1.54) is 0 Å². The van der Waals surface area contributed by atoms with Gasteiger partial charge in [0.15, 0.2) is 0 Å². The van der Waals surface area contributed by atoms with Crippen LogP contribution in [0.1, 0.15) is 36.4 Å². The second-order valence-corrected chi connectivity index (χ2v) is 9.13. The van der Waals surface area contributed by atoms with E-state index >= 15 is 0 Å². The fraction of sp³-hybridized carbons (Fsp3) is 0.357. The first-order valence-corrected chi connectivity index (χ1v) is 12.2. The quantitative estimate of drug-likeness (QED) is 0.438. The summed E-state index contributed by atoms with van der Waals surface area (Å²) >= 11 is 0. The molecular formula is C28H33F2N5. The van der Waals surface area contributed by atoms with E-state index in [-0.39, 0.29) is 24.3 Å². The smallest absolute Gasteiger partial charge is 0.239 e. The molecule has 4 rings (SSSR count). The highest BCUT2D eigenvalue weighted by atomic mass is 19.3. The standard InChI is InChI=1S/C28H33F2N5/c29-25(30)17-20-11-12-27(33-19-20)35-15-13-21(14-16-35)24(31)18-26(32)34-28(22-7-3-1-4-8-22)23-9-5-2-6-10-23/h1-12,18,20-21,25,28H,13-17,19,31H2,(H2,32,34). The third-order valence-electron chi connectivity index (χ3n) is 6.60. The number of benzene rings is 2. The number of hydrogen-bond donors (Lipinski definition) is 2. The average Bonchev–Trinajstić information content (AvgIpc) is 2.88. The Morgan fingerprint density at radius 3 is 2.11 bits per heavy atom. The van der Waals surface area contributed by atoms with Crippen molar-refractivity contribution in [2.45, 2.75) is 31.7 Å². The number of dihydropyridines is 1. The van der Waals surface area contributed by atoms with Crippen LogP contribution in [0.5, 0.6) is 0 Å². The van der Waals surface area contributed by atoms with Crippen LogP contribution in [0.3, 0.4) is 0 Å². The summed E-state index contributed by atoms with van der Waals surface area (Å²) < 4.78 is 25.2. The van der Waals surface area contributed by atoms with Gasteiger partial charge in [-0.25, -0.2) is 8.78 Å². The molecule has 2 aliphatic heterocycles. The maximum Gasteiger partial charge on any atom is 0.239 e. The summed E-state index contributed by atoms with van der Waals surface area (Å²) in [4.78, 5) is 11.6. The van der Waals surface area contributed by atoms with Gasteiger partial charge in [0.1, 0.15) is 17.7 Å². The van der Waals surface area contributed by atoms with Crippen LogP contribution in [0.15, 0.2) is 94.6 Å². The normalized spacial score (nSPS) is 19.9. The number of likely N-dealkylation sites (tertiary alicyclic amines) is 1. The summed E-state index contributed by atoms with van der Waals surface area (Å²) in [6, 6.07) is 20.0. The number of nitrogens with zero attached hydrogens (tertiary/aromatic N) is 3. The lowest BCUT2D eigenvalue weighted by molar-refractivity contribution is 0.124. The first kappa shape index (κ1) is 24.6. The van der Waals surface area contributed by atoms with Crippen LogP contribution in [0, 0.1) is 11.8 Å². The first-order valence-electron chi connectivity index (χ1n) is 12.2. The predicted octanol–water partition coefficient (Wildman–Crippen LogP) is 4.93.